The zero-order chi connectivity index (χ0) is 13.7. The van der Waals surface area contributed by atoms with E-state index in [-0.39, 0.29) is 29.8 Å². The molecule has 0 aromatic heterocycles. The Hall–Kier alpha value is -0.370. The van der Waals surface area contributed by atoms with Crippen LogP contribution in [0.25, 0.3) is 0 Å². The molecule has 2 N–H and O–H groups in total. The number of guanidine groups is 1. The van der Waals surface area contributed by atoms with Crippen molar-refractivity contribution in [2.24, 2.45) is 10.9 Å². The van der Waals surface area contributed by atoms with E-state index in [0.29, 0.717) is 11.0 Å². The molecule has 0 spiro atoms. The van der Waals surface area contributed by atoms with Gasteiger partial charge in [0.15, 0.2) is 5.96 Å². The summed E-state index contributed by atoms with van der Waals surface area (Å²) in [6, 6.07) is 5.10. The van der Waals surface area contributed by atoms with Gasteiger partial charge in [0.2, 0.25) is 0 Å². The van der Waals surface area contributed by atoms with Crippen molar-refractivity contribution in [2.75, 3.05) is 13.1 Å². The van der Waals surface area contributed by atoms with Crippen LogP contribution in [0.2, 0.25) is 0 Å². The van der Waals surface area contributed by atoms with Crippen molar-refractivity contribution in [3.8, 4) is 0 Å². The fraction of sp³-hybridized carbons (Fsp3) is 0.500. The zero-order valence-corrected chi connectivity index (χ0v) is 15.4. The van der Waals surface area contributed by atoms with Crippen LogP contribution in [0.5, 0.6) is 0 Å². The normalized spacial score (nSPS) is 14.7. The summed E-state index contributed by atoms with van der Waals surface area (Å²) in [7, 11) is 0. The molecule has 0 amide bonds. The number of nitrogens with zero attached hydrogens (tertiary/aromatic N) is 1. The fourth-order valence-corrected chi connectivity index (χ4v) is 1.96. The molecule has 0 saturated heterocycles. The molecule has 1 aromatic rings. The molecular formula is C14H20BrFIN3. The van der Waals surface area contributed by atoms with Gasteiger partial charge in [-0.25, -0.2) is 9.38 Å². The first-order valence-corrected chi connectivity index (χ1v) is 7.44. The summed E-state index contributed by atoms with van der Waals surface area (Å²) >= 11 is 3.15. The maximum absolute atomic E-state index is 13.4. The van der Waals surface area contributed by atoms with Gasteiger partial charge >= 0.3 is 0 Å². The molecule has 1 aromatic carbocycles. The quantitative estimate of drug-likeness (QED) is 0.403. The first-order valence-electron chi connectivity index (χ1n) is 6.65. The van der Waals surface area contributed by atoms with E-state index in [1.54, 1.807) is 6.07 Å². The van der Waals surface area contributed by atoms with Crippen molar-refractivity contribution in [3.05, 3.63) is 34.1 Å². The molecule has 112 valence electrons. The fourth-order valence-electron chi connectivity index (χ4n) is 1.71. The number of nitrogens with one attached hydrogen (secondary N) is 2. The zero-order valence-electron chi connectivity index (χ0n) is 11.5. The van der Waals surface area contributed by atoms with Crippen LogP contribution in [0, 0.1) is 11.7 Å². The lowest BCUT2D eigenvalue weighted by Crippen LogP contribution is -2.38. The molecule has 6 heteroatoms. The summed E-state index contributed by atoms with van der Waals surface area (Å²) in [5.41, 5.74) is 0.865. The van der Waals surface area contributed by atoms with Crippen molar-refractivity contribution >= 4 is 45.9 Å². The second kappa shape index (κ2) is 8.81. The second-order valence-electron chi connectivity index (χ2n) is 4.77. The van der Waals surface area contributed by atoms with Gasteiger partial charge in [-0.05, 0) is 59.3 Å². The molecule has 1 saturated carbocycles. The Kier molecular flexibility index (Phi) is 7.79. The van der Waals surface area contributed by atoms with Gasteiger partial charge in [0.1, 0.15) is 5.82 Å². The summed E-state index contributed by atoms with van der Waals surface area (Å²) in [6.07, 6.45) is 2.62. The molecule has 0 bridgehead atoms. The highest BCUT2D eigenvalue weighted by Gasteiger charge is 2.20. The Morgan fingerprint density at radius 2 is 2.15 bits per heavy atom. The summed E-state index contributed by atoms with van der Waals surface area (Å²) in [5, 5.41) is 6.51. The van der Waals surface area contributed by atoms with Crippen molar-refractivity contribution in [1.29, 1.82) is 0 Å². The predicted molar refractivity (Wildman–Crippen MR) is 95.1 cm³/mol. The first kappa shape index (κ1) is 17.7. The Labute approximate surface area is 145 Å². The van der Waals surface area contributed by atoms with Crippen molar-refractivity contribution in [1.82, 2.24) is 10.6 Å². The highest BCUT2D eigenvalue weighted by molar-refractivity contribution is 14.0. The summed E-state index contributed by atoms with van der Waals surface area (Å²) < 4.78 is 13.9. The van der Waals surface area contributed by atoms with E-state index in [4.69, 9.17) is 0 Å². The van der Waals surface area contributed by atoms with E-state index in [9.17, 15) is 4.39 Å². The van der Waals surface area contributed by atoms with E-state index < -0.39 is 0 Å². The van der Waals surface area contributed by atoms with Gasteiger partial charge in [0.05, 0.1) is 11.0 Å². The molecule has 20 heavy (non-hydrogen) atoms. The third-order valence-corrected chi connectivity index (χ3v) is 3.65. The van der Waals surface area contributed by atoms with Crippen LogP contribution in [0.4, 0.5) is 4.39 Å². The lowest BCUT2D eigenvalue weighted by molar-refractivity contribution is 0.618. The number of aliphatic imine (C=N–C) groups is 1. The average molecular weight is 456 g/mol. The maximum atomic E-state index is 13.4. The van der Waals surface area contributed by atoms with Crippen LogP contribution in [0.15, 0.2) is 27.7 Å². The molecule has 1 fully saturated rings. The second-order valence-corrected chi connectivity index (χ2v) is 5.62. The van der Waals surface area contributed by atoms with Gasteiger partial charge in [-0.1, -0.05) is 6.07 Å². The van der Waals surface area contributed by atoms with Crippen LogP contribution >= 0.6 is 39.9 Å². The van der Waals surface area contributed by atoms with E-state index >= 15 is 0 Å². The third kappa shape index (κ3) is 5.95. The van der Waals surface area contributed by atoms with Crippen molar-refractivity contribution < 1.29 is 4.39 Å². The molecule has 3 nitrogen and oxygen atoms in total. The lowest BCUT2D eigenvalue weighted by atomic mass is 10.2. The van der Waals surface area contributed by atoms with Gasteiger partial charge in [0, 0.05) is 13.1 Å². The number of halogens is 3. The monoisotopic (exact) mass is 455 g/mol. The highest BCUT2D eigenvalue weighted by Crippen LogP contribution is 2.27. The number of hydrogen-bond donors (Lipinski definition) is 2. The number of rotatable bonds is 5. The van der Waals surface area contributed by atoms with Crippen molar-refractivity contribution in [3.63, 3.8) is 0 Å². The molecule has 0 atom stereocenters. The van der Waals surface area contributed by atoms with Gasteiger partial charge in [-0.3, -0.25) is 0 Å². The van der Waals surface area contributed by atoms with E-state index in [0.717, 1.165) is 30.5 Å². The molecule has 0 aliphatic heterocycles. The molecule has 0 unspecified atom stereocenters. The SMILES string of the molecule is CCNC(=NCc1ccc(Br)c(F)c1)NCC1CC1.I. The standard InChI is InChI=1S/C14H19BrFN3.HI/c1-2-17-14(18-8-10-3-4-10)19-9-11-5-6-12(15)13(16)7-11;/h5-7,10H,2-4,8-9H2,1H3,(H2,17,18,19);1H. The minimum absolute atomic E-state index is 0. The smallest absolute Gasteiger partial charge is 0.191 e. The van der Waals surface area contributed by atoms with Crippen LogP contribution in [-0.4, -0.2) is 19.0 Å². The predicted octanol–water partition coefficient (Wildman–Crippen LogP) is 3.67. The van der Waals surface area contributed by atoms with Crippen LogP contribution in [0.1, 0.15) is 25.3 Å². The molecular weight excluding hydrogens is 436 g/mol. The summed E-state index contributed by atoms with van der Waals surface area (Å²) in [4.78, 5) is 4.47. The minimum atomic E-state index is -0.247. The van der Waals surface area contributed by atoms with E-state index in [1.165, 1.54) is 18.9 Å². The number of hydrogen-bond acceptors (Lipinski definition) is 1. The van der Waals surface area contributed by atoms with Crippen LogP contribution in [-0.2, 0) is 6.54 Å². The molecule has 1 aliphatic carbocycles. The van der Waals surface area contributed by atoms with Gasteiger partial charge in [-0.15, -0.1) is 24.0 Å². The van der Waals surface area contributed by atoms with Crippen LogP contribution in [0.3, 0.4) is 0 Å². The molecule has 1 aliphatic rings. The Balaban J connectivity index is 0.00000200. The minimum Gasteiger partial charge on any atom is -0.357 e. The maximum Gasteiger partial charge on any atom is 0.191 e. The first-order chi connectivity index (χ1) is 9.19. The number of benzene rings is 1. The summed E-state index contributed by atoms with van der Waals surface area (Å²) in [6.45, 7) is 4.31. The van der Waals surface area contributed by atoms with Gasteiger partial charge in [-0.2, -0.15) is 0 Å². The molecule has 2 rings (SSSR count). The van der Waals surface area contributed by atoms with E-state index in [1.807, 2.05) is 13.0 Å². The molecule has 0 heterocycles. The third-order valence-electron chi connectivity index (χ3n) is 3.00. The average Bonchev–Trinajstić information content (AvgIpc) is 3.21. The van der Waals surface area contributed by atoms with Gasteiger partial charge < -0.3 is 10.6 Å². The largest absolute Gasteiger partial charge is 0.357 e. The van der Waals surface area contributed by atoms with Gasteiger partial charge in [0.25, 0.3) is 0 Å². The lowest BCUT2D eigenvalue weighted by Gasteiger charge is -2.10. The topological polar surface area (TPSA) is 36.4 Å². The Morgan fingerprint density at radius 3 is 2.75 bits per heavy atom. The Morgan fingerprint density at radius 1 is 1.40 bits per heavy atom. The molecule has 0 radical (unpaired) electrons. The van der Waals surface area contributed by atoms with E-state index in [2.05, 4.69) is 31.6 Å². The van der Waals surface area contributed by atoms with Crippen LogP contribution < -0.4 is 10.6 Å². The highest BCUT2D eigenvalue weighted by atomic mass is 127. The Bertz CT molecular complexity index is 464. The van der Waals surface area contributed by atoms with Crippen molar-refractivity contribution in [2.45, 2.75) is 26.3 Å². The summed E-state index contributed by atoms with van der Waals surface area (Å²) in [5.74, 6) is 1.36.